The Bertz CT molecular complexity index is 1830. The van der Waals surface area contributed by atoms with E-state index < -0.39 is 6.29 Å². The standard InChI is InChI=1S/C42H43N3O5/c1-3-24-45(2)28-39-26-40(33-14-12-30(29-46)13-15-33)50-41(49-39)34-18-16-32(17-19-34)35-9-7-8-31(25-35)27-43-42(47)44-36-20-22-38(23-21-36)48-37-10-5-4-6-11-37/h3-23,25,39-41,46H,1,24,26-29H2,2H3,(H2,43,44,47). The van der Waals surface area contributed by atoms with E-state index in [2.05, 4.69) is 65.6 Å². The number of likely N-dealkylation sites (N-methyl/N-ethyl adjacent to an activating group) is 1. The number of nitrogens with zero attached hydrogens (tertiary/aromatic N) is 1. The minimum Gasteiger partial charge on any atom is -0.457 e. The monoisotopic (exact) mass is 669 g/mol. The summed E-state index contributed by atoms with van der Waals surface area (Å²) >= 11 is 0. The molecule has 50 heavy (non-hydrogen) atoms. The largest absolute Gasteiger partial charge is 0.457 e. The number of nitrogens with one attached hydrogen (secondary N) is 2. The Morgan fingerprint density at radius 2 is 1.56 bits per heavy atom. The van der Waals surface area contributed by atoms with E-state index in [-0.39, 0.29) is 24.8 Å². The van der Waals surface area contributed by atoms with Gasteiger partial charge in [0.1, 0.15) is 11.5 Å². The van der Waals surface area contributed by atoms with Crippen LogP contribution >= 0.6 is 0 Å². The van der Waals surface area contributed by atoms with E-state index >= 15 is 0 Å². The summed E-state index contributed by atoms with van der Waals surface area (Å²) in [5.41, 5.74) is 6.62. The number of rotatable bonds is 13. The number of urea groups is 1. The third-order valence-corrected chi connectivity index (χ3v) is 8.56. The number of carbonyl (C=O) groups is 1. The molecule has 0 radical (unpaired) electrons. The first-order valence-electron chi connectivity index (χ1n) is 16.8. The van der Waals surface area contributed by atoms with Crippen LogP contribution in [0.1, 0.15) is 41.1 Å². The Balaban J connectivity index is 1.06. The van der Waals surface area contributed by atoms with Gasteiger partial charge in [-0.25, -0.2) is 4.79 Å². The molecule has 0 bridgehead atoms. The highest BCUT2D eigenvalue weighted by Gasteiger charge is 2.32. The van der Waals surface area contributed by atoms with Gasteiger partial charge in [-0.2, -0.15) is 0 Å². The van der Waals surface area contributed by atoms with Crippen molar-refractivity contribution in [2.24, 2.45) is 0 Å². The zero-order valence-electron chi connectivity index (χ0n) is 28.2. The van der Waals surface area contributed by atoms with Crippen molar-refractivity contribution in [3.05, 3.63) is 162 Å². The van der Waals surface area contributed by atoms with Crippen LogP contribution in [0.3, 0.4) is 0 Å². The molecule has 3 N–H and O–H groups in total. The van der Waals surface area contributed by atoms with Gasteiger partial charge in [0.05, 0.1) is 18.8 Å². The molecule has 1 aliphatic heterocycles. The number of carbonyl (C=O) groups excluding carboxylic acids is 1. The average Bonchev–Trinajstić information content (AvgIpc) is 3.15. The summed E-state index contributed by atoms with van der Waals surface area (Å²) in [7, 11) is 2.06. The van der Waals surface area contributed by atoms with E-state index in [4.69, 9.17) is 14.2 Å². The predicted molar refractivity (Wildman–Crippen MR) is 197 cm³/mol. The summed E-state index contributed by atoms with van der Waals surface area (Å²) in [5.74, 6) is 1.45. The van der Waals surface area contributed by atoms with E-state index in [1.165, 1.54) is 0 Å². The number of hydrogen-bond donors (Lipinski definition) is 3. The van der Waals surface area contributed by atoms with Crippen molar-refractivity contribution in [1.82, 2.24) is 10.2 Å². The molecule has 0 saturated carbocycles. The van der Waals surface area contributed by atoms with Gasteiger partial charge in [-0.05, 0) is 77.3 Å². The molecule has 6 rings (SSSR count). The van der Waals surface area contributed by atoms with Gasteiger partial charge in [0, 0.05) is 37.3 Å². The third-order valence-electron chi connectivity index (χ3n) is 8.56. The fourth-order valence-corrected chi connectivity index (χ4v) is 5.96. The maximum Gasteiger partial charge on any atom is 0.319 e. The third kappa shape index (κ3) is 9.46. The highest BCUT2D eigenvalue weighted by atomic mass is 16.7. The molecule has 8 nitrogen and oxygen atoms in total. The Labute approximate surface area is 293 Å². The highest BCUT2D eigenvalue weighted by molar-refractivity contribution is 5.89. The topological polar surface area (TPSA) is 92.3 Å². The van der Waals surface area contributed by atoms with Crippen molar-refractivity contribution in [2.45, 2.75) is 38.1 Å². The fourth-order valence-electron chi connectivity index (χ4n) is 5.96. The second-order valence-corrected chi connectivity index (χ2v) is 12.4. The fraction of sp³-hybridized carbons (Fsp3) is 0.214. The van der Waals surface area contributed by atoms with Gasteiger partial charge >= 0.3 is 6.03 Å². The van der Waals surface area contributed by atoms with Gasteiger partial charge in [0.25, 0.3) is 0 Å². The summed E-state index contributed by atoms with van der Waals surface area (Å²) in [6, 6.07) is 40.8. The second kappa shape index (κ2) is 16.9. The SMILES string of the molecule is C=CCN(C)CC1CC(c2ccc(CO)cc2)OC(c2ccc(-c3cccc(CNC(=O)Nc4ccc(Oc5ccccc5)cc4)c3)cc2)O1. The van der Waals surface area contributed by atoms with Crippen molar-refractivity contribution < 1.29 is 24.1 Å². The first-order valence-corrected chi connectivity index (χ1v) is 16.8. The normalized spacial score (nSPS) is 17.2. The molecule has 1 heterocycles. The molecule has 0 spiro atoms. The Hall–Kier alpha value is -5.25. The van der Waals surface area contributed by atoms with Crippen molar-refractivity contribution in [2.75, 3.05) is 25.5 Å². The van der Waals surface area contributed by atoms with Crippen LogP contribution in [0.5, 0.6) is 11.5 Å². The van der Waals surface area contributed by atoms with Crippen LogP contribution in [0, 0.1) is 0 Å². The number of para-hydroxylation sites is 1. The molecule has 2 amide bonds. The minimum absolute atomic E-state index is 0.00915. The van der Waals surface area contributed by atoms with E-state index in [0.717, 1.165) is 58.6 Å². The van der Waals surface area contributed by atoms with Gasteiger partial charge in [-0.15, -0.1) is 6.58 Å². The van der Waals surface area contributed by atoms with Crippen molar-refractivity contribution in [3.8, 4) is 22.6 Å². The van der Waals surface area contributed by atoms with Crippen LogP contribution in [0.2, 0.25) is 0 Å². The molecule has 0 aromatic heterocycles. The van der Waals surface area contributed by atoms with E-state index in [9.17, 15) is 9.90 Å². The summed E-state index contributed by atoms with van der Waals surface area (Å²) < 4.78 is 18.8. The van der Waals surface area contributed by atoms with E-state index in [1.807, 2.05) is 97.1 Å². The first-order chi connectivity index (χ1) is 24.4. The van der Waals surface area contributed by atoms with Crippen molar-refractivity contribution in [3.63, 3.8) is 0 Å². The van der Waals surface area contributed by atoms with Crippen LogP contribution in [0.15, 0.2) is 140 Å². The Kier molecular flexibility index (Phi) is 11.7. The molecule has 1 saturated heterocycles. The molecular formula is C42H43N3O5. The molecule has 5 aromatic carbocycles. The molecule has 8 heteroatoms. The molecule has 1 fully saturated rings. The lowest BCUT2D eigenvalue weighted by atomic mass is 9.99. The smallest absolute Gasteiger partial charge is 0.319 e. The quantitative estimate of drug-likeness (QED) is 0.109. The molecular weight excluding hydrogens is 626 g/mol. The molecule has 3 atom stereocenters. The number of aliphatic hydroxyl groups is 1. The average molecular weight is 670 g/mol. The highest BCUT2D eigenvalue weighted by Crippen LogP contribution is 2.38. The Morgan fingerprint density at radius 3 is 2.28 bits per heavy atom. The number of anilines is 1. The van der Waals surface area contributed by atoms with Crippen molar-refractivity contribution in [1.29, 1.82) is 0 Å². The number of aliphatic hydroxyl groups excluding tert-OH is 1. The lowest BCUT2D eigenvalue weighted by Gasteiger charge is -2.37. The maximum absolute atomic E-state index is 12.7. The number of ether oxygens (including phenoxy) is 3. The van der Waals surface area contributed by atoms with E-state index in [0.29, 0.717) is 18.0 Å². The Morgan fingerprint density at radius 1 is 0.840 bits per heavy atom. The summed E-state index contributed by atoms with van der Waals surface area (Å²) in [6.45, 7) is 5.78. The van der Waals surface area contributed by atoms with Crippen LogP contribution < -0.4 is 15.4 Å². The first kappa shape index (κ1) is 34.6. The van der Waals surface area contributed by atoms with Crippen LogP contribution in [0.25, 0.3) is 11.1 Å². The molecule has 5 aromatic rings. The lowest BCUT2D eigenvalue weighted by Crippen LogP contribution is -2.37. The summed E-state index contributed by atoms with van der Waals surface area (Å²) in [5, 5.41) is 15.3. The van der Waals surface area contributed by atoms with E-state index in [1.54, 1.807) is 0 Å². The van der Waals surface area contributed by atoms with Gasteiger partial charge in [0.15, 0.2) is 6.29 Å². The van der Waals surface area contributed by atoms with Crippen LogP contribution in [0.4, 0.5) is 10.5 Å². The van der Waals surface area contributed by atoms with Gasteiger partial charge < -0.3 is 34.9 Å². The minimum atomic E-state index is -0.524. The predicted octanol–water partition coefficient (Wildman–Crippen LogP) is 8.62. The number of amides is 2. The summed E-state index contributed by atoms with van der Waals surface area (Å²) in [6.07, 6.45) is 1.92. The molecule has 1 aliphatic rings. The van der Waals surface area contributed by atoms with Crippen molar-refractivity contribution >= 4 is 11.7 Å². The zero-order valence-corrected chi connectivity index (χ0v) is 28.2. The number of benzene rings is 5. The van der Waals surface area contributed by atoms with Gasteiger partial charge in [-0.1, -0.05) is 91.0 Å². The molecule has 256 valence electrons. The van der Waals surface area contributed by atoms with Crippen LogP contribution in [-0.4, -0.2) is 42.3 Å². The molecule has 0 aliphatic carbocycles. The van der Waals surface area contributed by atoms with Crippen LogP contribution in [-0.2, 0) is 22.6 Å². The lowest BCUT2D eigenvalue weighted by molar-refractivity contribution is -0.252. The number of hydrogen-bond acceptors (Lipinski definition) is 6. The van der Waals surface area contributed by atoms with Gasteiger partial charge in [-0.3, -0.25) is 0 Å². The second-order valence-electron chi connectivity index (χ2n) is 12.4. The molecule has 3 unspecified atom stereocenters. The van der Waals surface area contributed by atoms with Gasteiger partial charge in [0.2, 0.25) is 0 Å². The summed E-state index contributed by atoms with van der Waals surface area (Å²) in [4.78, 5) is 14.9. The maximum atomic E-state index is 12.7. The zero-order chi connectivity index (χ0) is 34.7.